The maximum absolute atomic E-state index is 6.48. The Kier molecular flexibility index (Phi) is 7.36. The predicted octanol–water partition coefficient (Wildman–Crippen LogP) is 6.05. The second-order valence-electron chi connectivity index (χ2n) is 6.23. The largest absolute Gasteiger partial charge is 0.316 e. The maximum atomic E-state index is 6.48. The van der Waals surface area contributed by atoms with Crippen LogP contribution in [0.2, 0.25) is 10.0 Å². The molecule has 1 unspecified atom stereocenters. The molecule has 3 heteroatoms. The standard InChI is InChI=1S/C18H27Cl2N/c1-2-11-21-13-17(14-7-5-3-4-6-8-14)16-10-9-15(19)12-18(16)20/h9-10,12,14,17,21H,2-8,11,13H2,1H3. The molecule has 1 fully saturated rings. The van der Waals surface area contributed by atoms with E-state index in [0.717, 1.165) is 29.1 Å². The van der Waals surface area contributed by atoms with Gasteiger partial charge in [0.15, 0.2) is 0 Å². The summed E-state index contributed by atoms with van der Waals surface area (Å²) in [7, 11) is 0. The average Bonchev–Trinajstić information content (AvgIpc) is 2.74. The van der Waals surface area contributed by atoms with Crippen LogP contribution in [0.1, 0.15) is 63.4 Å². The van der Waals surface area contributed by atoms with Crippen molar-refractivity contribution in [1.82, 2.24) is 5.32 Å². The van der Waals surface area contributed by atoms with Crippen molar-refractivity contribution in [1.29, 1.82) is 0 Å². The summed E-state index contributed by atoms with van der Waals surface area (Å²) in [5.74, 6) is 1.26. The summed E-state index contributed by atoms with van der Waals surface area (Å²) in [6.07, 6.45) is 9.33. The molecule has 0 bridgehead atoms. The monoisotopic (exact) mass is 327 g/mol. The van der Waals surface area contributed by atoms with Crippen LogP contribution < -0.4 is 5.32 Å². The highest BCUT2D eigenvalue weighted by Crippen LogP contribution is 2.38. The molecule has 0 aliphatic heterocycles. The lowest BCUT2D eigenvalue weighted by atomic mass is 9.81. The summed E-state index contributed by atoms with van der Waals surface area (Å²) in [5, 5.41) is 5.16. The van der Waals surface area contributed by atoms with E-state index in [1.54, 1.807) is 0 Å². The lowest BCUT2D eigenvalue weighted by Gasteiger charge is -2.28. The molecule has 1 aromatic carbocycles. The Hall–Kier alpha value is -0.240. The Morgan fingerprint density at radius 1 is 1.14 bits per heavy atom. The van der Waals surface area contributed by atoms with Crippen molar-refractivity contribution < 1.29 is 0 Å². The van der Waals surface area contributed by atoms with Crippen LogP contribution in [0.4, 0.5) is 0 Å². The summed E-state index contributed by atoms with van der Waals surface area (Å²) in [4.78, 5) is 0. The molecule has 0 amide bonds. The van der Waals surface area contributed by atoms with Gasteiger partial charge in [0.1, 0.15) is 0 Å². The Morgan fingerprint density at radius 3 is 2.48 bits per heavy atom. The van der Waals surface area contributed by atoms with Gasteiger partial charge in [0, 0.05) is 22.5 Å². The summed E-state index contributed by atoms with van der Waals surface area (Å²) in [6, 6.07) is 6.00. The molecule has 0 heterocycles. The third-order valence-corrected chi connectivity index (χ3v) is 5.18. The lowest BCUT2D eigenvalue weighted by molar-refractivity contribution is 0.361. The summed E-state index contributed by atoms with van der Waals surface area (Å²) >= 11 is 12.5. The SMILES string of the molecule is CCCNCC(c1ccc(Cl)cc1Cl)C1CCCCCC1. The minimum Gasteiger partial charge on any atom is -0.316 e. The Balaban J connectivity index is 2.17. The molecule has 2 rings (SSSR count). The first-order valence-electron chi connectivity index (χ1n) is 8.38. The molecule has 1 N–H and O–H groups in total. The molecule has 118 valence electrons. The number of rotatable bonds is 6. The van der Waals surface area contributed by atoms with E-state index in [4.69, 9.17) is 23.2 Å². The van der Waals surface area contributed by atoms with Gasteiger partial charge in [-0.2, -0.15) is 0 Å². The number of nitrogens with one attached hydrogen (secondary N) is 1. The van der Waals surface area contributed by atoms with Crippen LogP contribution in [0.15, 0.2) is 18.2 Å². The highest BCUT2D eigenvalue weighted by atomic mass is 35.5. The van der Waals surface area contributed by atoms with E-state index in [-0.39, 0.29) is 0 Å². The van der Waals surface area contributed by atoms with Gasteiger partial charge in [0.25, 0.3) is 0 Å². The van der Waals surface area contributed by atoms with E-state index >= 15 is 0 Å². The molecule has 1 saturated carbocycles. The van der Waals surface area contributed by atoms with Crippen molar-refractivity contribution in [3.63, 3.8) is 0 Å². The van der Waals surface area contributed by atoms with Crippen LogP contribution in [-0.4, -0.2) is 13.1 Å². The zero-order valence-electron chi connectivity index (χ0n) is 13.0. The lowest BCUT2D eigenvalue weighted by Crippen LogP contribution is -2.27. The normalized spacial score (nSPS) is 18.4. The molecule has 1 aliphatic carbocycles. The van der Waals surface area contributed by atoms with E-state index in [9.17, 15) is 0 Å². The minimum atomic E-state index is 0.513. The summed E-state index contributed by atoms with van der Waals surface area (Å²) in [5.41, 5.74) is 1.27. The van der Waals surface area contributed by atoms with Gasteiger partial charge in [-0.25, -0.2) is 0 Å². The minimum absolute atomic E-state index is 0.513. The molecule has 1 aromatic rings. The number of hydrogen-bond acceptors (Lipinski definition) is 1. The molecule has 21 heavy (non-hydrogen) atoms. The van der Waals surface area contributed by atoms with E-state index < -0.39 is 0 Å². The van der Waals surface area contributed by atoms with Crippen LogP contribution in [0.3, 0.4) is 0 Å². The van der Waals surface area contributed by atoms with Crippen molar-refractivity contribution in [3.8, 4) is 0 Å². The molecule has 0 spiro atoms. The average molecular weight is 328 g/mol. The van der Waals surface area contributed by atoms with Gasteiger partial charge >= 0.3 is 0 Å². The molecule has 0 aromatic heterocycles. The van der Waals surface area contributed by atoms with Crippen LogP contribution in [0, 0.1) is 5.92 Å². The maximum Gasteiger partial charge on any atom is 0.0456 e. The first kappa shape index (κ1) is 17.1. The van der Waals surface area contributed by atoms with Crippen LogP contribution in [0.5, 0.6) is 0 Å². The second-order valence-corrected chi connectivity index (χ2v) is 7.07. The van der Waals surface area contributed by atoms with E-state index in [0.29, 0.717) is 5.92 Å². The predicted molar refractivity (Wildman–Crippen MR) is 93.6 cm³/mol. The Labute approximate surface area is 139 Å². The Morgan fingerprint density at radius 2 is 1.86 bits per heavy atom. The zero-order valence-corrected chi connectivity index (χ0v) is 14.5. The fourth-order valence-electron chi connectivity index (χ4n) is 3.48. The van der Waals surface area contributed by atoms with Gasteiger partial charge in [-0.05, 0) is 49.4 Å². The molecule has 0 saturated heterocycles. The molecule has 1 aliphatic rings. The Bertz CT molecular complexity index is 425. The molecular formula is C18H27Cl2N. The van der Waals surface area contributed by atoms with Crippen LogP contribution in [-0.2, 0) is 0 Å². The quantitative estimate of drug-likeness (QED) is 0.495. The first-order valence-corrected chi connectivity index (χ1v) is 9.13. The topological polar surface area (TPSA) is 12.0 Å². The second kappa shape index (κ2) is 9.02. The van der Waals surface area contributed by atoms with Gasteiger partial charge in [-0.1, -0.05) is 61.9 Å². The zero-order chi connectivity index (χ0) is 15.1. The van der Waals surface area contributed by atoms with E-state index in [1.165, 1.54) is 50.5 Å². The number of benzene rings is 1. The van der Waals surface area contributed by atoms with Crippen LogP contribution >= 0.6 is 23.2 Å². The third kappa shape index (κ3) is 5.16. The fourth-order valence-corrected chi connectivity index (χ4v) is 4.03. The smallest absolute Gasteiger partial charge is 0.0456 e. The molecule has 1 atom stereocenters. The highest BCUT2D eigenvalue weighted by Gasteiger charge is 2.25. The van der Waals surface area contributed by atoms with Gasteiger partial charge in [0.2, 0.25) is 0 Å². The summed E-state index contributed by atoms with van der Waals surface area (Å²) < 4.78 is 0. The van der Waals surface area contributed by atoms with Gasteiger partial charge in [-0.3, -0.25) is 0 Å². The molecule has 1 nitrogen and oxygen atoms in total. The van der Waals surface area contributed by atoms with Crippen molar-refractivity contribution in [2.24, 2.45) is 5.92 Å². The van der Waals surface area contributed by atoms with Gasteiger partial charge < -0.3 is 5.32 Å². The van der Waals surface area contributed by atoms with Gasteiger partial charge in [-0.15, -0.1) is 0 Å². The number of hydrogen-bond donors (Lipinski definition) is 1. The highest BCUT2D eigenvalue weighted by molar-refractivity contribution is 6.35. The van der Waals surface area contributed by atoms with Crippen molar-refractivity contribution in [2.45, 2.75) is 57.8 Å². The van der Waals surface area contributed by atoms with Crippen molar-refractivity contribution >= 4 is 23.2 Å². The fraction of sp³-hybridized carbons (Fsp3) is 0.667. The number of halogens is 2. The van der Waals surface area contributed by atoms with E-state index in [1.807, 2.05) is 12.1 Å². The first-order chi connectivity index (χ1) is 10.2. The third-order valence-electron chi connectivity index (χ3n) is 4.62. The molecule has 0 radical (unpaired) electrons. The molecular weight excluding hydrogens is 301 g/mol. The van der Waals surface area contributed by atoms with Crippen molar-refractivity contribution in [2.75, 3.05) is 13.1 Å². The van der Waals surface area contributed by atoms with Gasteiger partial charge in [0.05, 0.1) is 0 Å². The van der Waals surface area contributed by atoms with Crippen LogP contribution in [0.25, 0.3) is 0 Å². The summed E-state index contributed by atoms with van der Waals surface area (Å²) in [6.45, 7) is 4.32. The van der Waals surface area contributed by atoms with E-state index in [2.05, 4.69) is 18.3 Å². The van der Waals surface area contributed by atoms with Crippen molar-refractivity contribution in [3.05, 3.63) is 33.8 Å².